The molecule has 0 saturated carbocycles. The van der Waals surface area contributed by atoms with E-state index in [1.165, 1.54) is 4.90 Å². The number of halogens is 1. The Hall–Kier alpha value is -1.79. The minimum absolute atomic E-state index is 0.0703. The van der Waals surface area contributed by atoms with Crippen molar-refractivity contribution in [2.45, 2.75) is 13.5 Å². The number of carbonyl (C=O) groups is 1. The number of likely N-dealkylation sites (N-methyl/N-ethyl adjacent to an activating group) is 1. The lowest BCUT2D eigenvalue weighted by Crippen LogP contribution is -2.33. The summed E-state index contributed by atoms with van der Waals surface area (Å²) >= 11 is 3.38. The minimum Gasteiger partial charge on any atom is -0.486 e. The molecule has 1 N–H and O–H groups in total. The van der Waals surface area contributed by atoms with Gasteiger partial charge in [-0.3, -0.25) is 4.79 Å². The van der Waals surface area contributed by atoms with Gasteiger partial charge in [0.25, 0.3) is 5.91 Å². The first kappa shape index (κ1) is 16.6. The van der Waals surface area contributed by atoms with Crippen molar-refractivity contribution in [2.75, 3.05) is 19.7 Å². The molecule has 1 aromatic heterocycles. The lowest BCUT2D eigenvalue weighted by Gasteiger charge is -2.17. The van der Waals surface area contributed by atoms with Gasteiger partial charge in [0.05, 0.1) is 6.61 Å². The van der Waals surface area contributed by atoms with Crippen LogP contribution in [0, 0.1) is 0 Å². The van der Waals surface area contributed by atoms with Gasteiger partial charge in [-0.2, -0.15) is 0 Å². The molecular weight excluding hydrogens is 350 g/mol. The molecule has 22 heavy (non-hydrogen) atoms. The van der Waals surface area contributed by atoms with E-state index in [9.17, 15) is 4.79 Å². The molecule has 118 valence electrons. The molecule has 0 atom stereocenters. The monoisotopic (exact) mass is 367 g/mol. The van der Waals surface area contributed by atoms with Crippen LogP contribution >= 0.6 is 15.9 Å². The van der Waals surface area contributed by atoms with E-state index >= 15 is 0 Å². The van der Waals surface area contributed by atoms with Crippen molar-refractivity contribution in [3.8, 4) is 5.75 Å². The molecule has 1 amide bonds. The van der Waals surface area contributed by atoms with Gasteiger partial charge >= 0.3 is 0 Å². The van der Waals surface area contributed by atoms with Gasteiger partial charge < -0.3 is 19.2 Å². The van der Waals surface area contributed by atoms with Crippen LogP contribution < -0.4 is 4.74 Å². The second kappa shape index (κ2) is 8.00. The molecule has 0 aliphatic carbocycles. The summed E-state index contributed by atoms with van der Waals surface area (Å²) in [5.74, 6) is 1.31. The van der Waals surface area contributed by atoms with Crippen molar-refractivity contribution >= 4 is 21.8 Å². The number of ether oxygens (including phenoxy) is 1. The van der Waals surface area contributed by atoms with Crippen molar-refractivity contribution in [3.05, 3.63) is 52.4 Å². The van der Waals surface area contributed by atoms with E-state index < -0.39 is 0 Å². The van der Waals surface area contributed by atoms with E-state index in [0.29, 0.717) is 24.6 Å². The first-order valence-electron chi connectivity index (χ1n) is 7.01. The van der Waals surface area contributed by atoms with Crippen molar-refractivity contribution in [1.29, 1.82) is 0 Å². The third-order valence-electron chi connectivity index (χ3n) is 3.09. The number of benzene rings is 1. The Labute approximate surface area is 137 Å². The van der Waals surface area contributed by atoms with Gasteiger partial charge in [-0.05, 0) is 37.3 Å². The number of nitrogens with zero attached hydrogens (tertiary/aromatic N) is 1. The summed E-state index contributed by atoms with van der Waals surface area (Å²) in [5.41, 5.74) is 0. The van der Waals surface area contributed by atoms with Crippen LogP contribution in [-0.2, 0) is 6.61 Å². The lowest BCUT2D eigenvalue weighted by atomic mass is 10.3. The molecule has 0 aliphatic heterocycles. The maximum Gasteiger partial charge on any atom is 0.289 e. The predicted octanol–water partition coefficient (Wildman–Crippen LogP) is 3.08. The standard InChI is InChI=1S/C16H18BrNO4/c1-2-18(8-9-19)16(20)15-7-6-14(22-15)11-21-13-5-3-4-12(17)10-13/h3-7,10,19H,2,8-9,11H2,1H3. The Bertz CT molecular complexity index is 626. The molecule has 0 spiro atoms. The highest BCUT2D eigenvalue weighted by atomic mass is 79.9. The van der Waals surface area contributed by atoms with E-state index in [1.807, 2.05) is 31.2 Å². The van der Waals surface area contributed by atoms with Gasteiger partial charge in [-0.15, -0.1) is 0 Å². The fourth-order valence-corrected chi connectivity index (χ4v) is 2.34. The second-order valence-corrected chi connectivity index (χ2v) is 5.54. The molecule has 0 bridgehead atoms. The smallest absolute Gasteiger partial charge is 0.289 e. The van der Waals surface area contributed by atoms with Crippen molar-refractivity contribution < 1.29 is 19.1 Å². The van der Waals surface area contributed by atoms with Gasteiger partial charge in [-0.25, -0.2) is 0 Å². The van der Waals surface area contributed by atoms with Crippen LogP contribution in [-0.4, -0.2) is 35.6 Å². The average molecular weight is 368 g/mol. The molecule has 2 rings (SSSR count). The van der Waals surface area contributed by atoms with Gasteiger partial charge in [-0.1, -0.05) is 22.0 Å². The van der Waals surface area contributed by atoms with E-state index in [0.717, 1.165) is 4.47 Å². The Morgan fingerprint density at radius 1 is 1.36 bits per heavy atom. The fraction of sp³-hybridized carbons (Fsp3) is 0.312. The molecule has 0 unspecified atom stereocenters. The Morgan fingerprint density at radius 2 is 2.18 bits per heavy atom. The van der Waals surface area contributed by atoms with Crippen LogP contribution in [0.3, 0.4) is 0 Å². The molecule has 0 fully saturated rings. The molecule has 5 nitrogen and oxygen atoms in total. The Morgan fingerprint density at radius 3 is 2.86 bits per heavy atom. The number of hydrogen-bond acceptors (Lipinski definition) is 4. The van der Waals surface area contributed by atoms with Gasteiger partial charge in [0, 0.05) is 17.6 Å². The molecule has 0 saturated heterocycles. The number of hydrogen-bond donors (Lipinski definition) is 1. The highest BCUT2D eigenvalue weighted by molar-refractivity contribution is 9.10. The van der Waals surface area contributed by atoms with Gasteiger partial charge in [0.15, 0.2) is 5.76 Å². The zero-order valence-corrected chi connectivity index (χ0v) is 13.9. The van der Waals surface area contributed by atoms with E-state index in [4.69, 9.17) is 14.3 Å². The number of amides is 1. The number of aliphatic hydroxyl groups is 1. The maximum atomic E-state index is 12.2. The number of aliphatic hydroxyl groups excluding tert-OH is 1. The van der Waals surface area contributed by atoms with Crippen molar-refractivity contribution in [3.63, 3.8) is 0 Å². The highest BCUT2D eigenvalue weighted by Crippen LogP contribution is 2.19. The summed E-state index contributed by atoms with van der Waals surface area (Å²) in [4.78, 5) is 13.7. The number of furan rings is 1. The second-order valence-electron chi connectivity index (χ2n) is 4.62. The summed E-state index contributed by atoms with van der Waals surface area (Å²) in [6.45, 7) is 2.84. The summed E-state index contributed by atoms with van der Waals surface area (Å²) in [6.07, 6.45) is 0. The van der Waals surface area contributed by atoms with E-state index in [-0.39, 0.29) is 24.9 Å². The van der Waals surface area contributed by atoms with Crippen molar-refractivity contribution in [2.24, 2.45) is 0 Å². The highest BCUT2D eigenvalue weighted by Gasteiger charge is 2.17. The average Bonchev–Trinajstić information content (AvgIpc) is 2.99. The largest absolute Gasteiger partial charge is 0.486 e. The number of carbonyl (C=O) groups excluding carboxylic acids is 1. The quantitative estimate of drug-likeness (QED) is 0.816. The zero-order valence-electron chi connectivity index (χ0n) is 12.3. The molecule has 1 heterocycles. The van der Waals surface area contributed by atoms with E-state index in [1.54, 1.807) is 12.1 Å². The van der Waals surface area contributed by atoms with Crippen molar-refractivity contribution in [1.82, 2.24) is 4.90 Å². The van der Waals surface area contributed by atoms with Crippen LogP contribution in [0.15, 0.2) is 45.3 Å². The van der Waals surface area contributed by atoms with E-state index in [2.05, 4.69) is 15.9 Å². The Balaban J connectivity index is 1.97. The molecule has 0 aliphatic rings. The number of rotatable bonds is 7. The lowest BCUT2D eigenvalue weighted by molar-refractivity contribution is 0.0696. The summed E-state index contributed by atoms with van der Waals surface area (Å²) in [7, 11) is 0. The molecule has 6 heteroatoms. The summed E-state index contributed by atoms with van der Waals surface area (Å²) in [6, 6.07) is 10.8. The predicted molar refractivity (Wildman–Crippen MR) is 85.8 cm³/mol. The Kier molecular flexibility index (Phi) is 6.03. The van der Waals surface area contributed by atoms with Crippen LogP contribution in [0.25, 0.3) is 0 Å². The van der Waals surface area contributed by atoms with Crippen LogP contribution in [0.5, 0.6) is 5.75 Å². The molecule has 2 aromatic rings. The zero-order chi connectivity index (χ0) is 15.9. The molecular formula is C16H18BrNO4. The van der Waals surface area contributed by atoms with Crippen LogP contribution in [0.4, 0.5) is 0 Å². The molecule has 1 aromatic carbocycles. The first-order valence-corrected chi connectivity index (χ1v) is 7.80. The summed E-state index contributed by atoms with van der Waals surface area (Å²) in [5, 5.41) is 8.95. The SMILES string of the molecule is CCN(CCO)C(=O)c1ccc(COc2cccc(Br)c2)o1. The fourth-order valence-electron chi connectivity index (χ4n) is 1.96. The third kappa shape index (κ3) is 4.35. The van der Waals surface area contributed by atoms with Crippen LogP contribution in [0.2, 0.25) is 0 Å². The minimum atomic E-state index is -0.231. The van der Waals surface area contributed by atoms with Gasteiger partial charge in [0.1, 0.15) is 18.1 Å². The third-order valence-corrected chi connectivity index (χ3v) is 3.58. The first-order chi connectivity index (χ1) is 10.6. The summed E-state index contributed by atoms with van der Waals surface area (Å²) < 4.78 is 12.1. The maximum absolute atomic E-state index is 12.2. The van der Waals surface area contributed by atoms with Crippen LogP contribution in [0.1, 0.15) is 23.2 Å². The van der Waals surface area contributed by atoms with Gasteiger partial charge in [0.2, 0.25) is 0 Å². The molecule has 0 radical (unpaired) electrons. The topological polar surface area (TPSA) is 62.9 Å². The normalized spacial score (nSPS) is 10.5.